The molecule has 1 aromatic heterocycles. The molecule has 3 fully saturated rings. The molecule has 6 rings (SSSR count). The molecule has 2 aliphatic heterocycles. The standard InChI is InChI=1S/C26H29F3N6O3S2/c27-21-4-2-19(14-24(21)40(38)34-16-26(28,29)17-34)35-15-22(30-32-35)20-3-1-18(31-39(37)12-11-36)13-23(20)33-9-7-25(5-6-25)8-10-33/h1-4,13-15,31,36H,5-12,16-17H2. The van der Waals surface area contributed by atoms with E-state index in [1.54, 1.807) is 12.3 Å². The number of anilines is 2. The van der Waals surface area contributed by atoms with Gasteiger partial charge in [-0.15, -0.1) is 5.10 Å². The molecular formula is C26H29F3N6O3S2. The molecule has 2 aromatic carbocycles. The average Bonchev–Trinajstić information content (AvgIpc) is 3.48. The van der Waals surface area contributed by atoms with Crippen molar-refractivity contribution in [2.45, 2.75) is 36.5 Å². The van der Waals surface area contributed by atoms with Crippen molar-refractivity contribution in [2.75, 3.05) is 48.2 Å². The number of alkyl halides is 2. The van der Waals surface area contributed by atoms with Gasteiger partial charge < -0.3 is 14.7 Å². The van der Waals surface area contributed by atoms with Crippen LogP contribution in [0.15, 0.2) is 47.5 Å². The molecule has 0 amide bonds. The fourth-order valence-electron chi connectivity index (χ4n) is 5.25. The highest BCUT2D eigenvalue weighted by Gasteiger charge is 2.47. The van der Waals surface area contributed by atoms with Gasteiger partial charge in [0, 0.05) is 30.0 Å². The first-order chi connectivity index (χ1) is 19.2. The highest BCUT2D eigenvalue weighted by atomic mass is 32.2. The summed E-state index contributed by atoms with van der Waals surface area (Å²) in [4.78, 5) is 2.10. The van der Waals surface area contributed by atoms with Crippen molar-refractivity contribution in [1.82, 2.24) is 19.3 Å². The first-order valence-electron chi connectivity index (χ1n) is 13.1. The Morgan fingerprint density at radius 2 is 1.77 bits per heavy atom. The molecule has 40 heavy (non-hydrogen) atoms. The summed E-state index contributed by atoms with van der Waals surface area (Å²) in [5, 5.41) is 17.7. The van der Waals surface area contributed by atoms with Crippen molar-refractivity contribution in [2.24, 2.45) is 5.41 Å². The van der Waals surface area contributed by atoms with Gasteiger partial charge in [0.25, 0.3) is 5.92 Å². The quantitative estimate of drug-likeness (QED) is 0.393. The number of aliphatic hydroxyl groups is 1. The molecule has 214 valence electrons. The minimum Gasteiger partial charge on any atom is -0.395 e. The lowest BCUT2D eigenvalue weighted by Crippen LogP contribution is -2.56. The summed E-state index contributed by atoms with van der Waals surface area (Å²) >= 11 is 0. The third-order valence-electron chi connectivity index (χ3n) is 7.81. The lowest BCUT2D eigenvalue weighted by Gasteiger charge is -2.37. The van der Waals surface area contributed by atoms with Crippen LogP contribution in [0, 0.1) is 11.2 Å². The van der Waals surface area contributed by atoms with Crippen molar-refractivity contribution in [3.05, 3.63) is 48.4 Å². The van der Waals surface area contributed by atoms with Crippen LogP contribution in [-0.4, -0.2) is 77.3 Å². The number of nitrogens with zero attached hydrogens (tertiary/aromatic N) is 5. The zero-order valence-corrected chi connectivity index (χ0v) is 23.2. The first kappa shape index (κ1) is 27.4. The highest BCUT2D eigenvalue weighted by molar-refractivity contribution is 7.86. The summed E-state index contributed by atoms with van der Waals surface area (Å²) in [5.41, 5.74) is 3.80. The molecule has 2 saturated heterocycles. The minimum absolute atomic E-state index is 0.113. The molecule has 14 heteroatoms. The predicted molar refractivity (Wildman–Crippen MR) is 147 cm³/mol. The van der Waals surface area contributed by atoms with E-state index in [0.29, 0.717) is 22.5 Å². The number of benzene rings is 2. The van der Waals surface area contributed by atoms with E-state index in [9.17, 15) is 21.6 Å². The lowest BCUT2D eigenvalue weighted by atomic mass is 9.93. The fourth-order valence-corrected chi connectivity index (χ4v) is 7.25. The van der Waals surface area contributed by atoms with Gasteiger partial charge in [-0.3, -0.25) is 0 Å². The molecule has 0 radical (unpaired) electrons. The van der Waals surface area contributed by atoms with Crippen molar-refractivity contribution in [1.29, 1.82) is 0 Å². The van der Waals surface area contributed by atoms with Crippen LogP contribution in [-0.2, 0) is 22.0 Å². The minimum atomic E-state index is -2.92. The number of hydrogen-bond acceptors (Lipinski definition) is 6. The molecule has 3 heterocycles. The van der Waals surface area contributed by atoms with E-state index in [-0.39, 0.29) is 17.3 Å². The Hall–Kier alpha value is -2.81. The van der Waals surface area contributed by atoms with Gasteiger partial charge in [-0.2, -0.15) is 0 Å². The fraction of sp³-hybridized carbons (Fsp3) is 0.462. The molecule has 9 nitrogen and oxygen atoms in total. The van der Waals surface area contributed by atoms with Crippen LogP contribution in [0.5, 0.6) is 0 Å². The molecule has 3 aromatic rings. The number of aromatic nitrogens is 3. The van der Waals surface area contributed by atoms with E-state index < -0.39 is 46.8 Å². The van der Waals surface area contributed by atoms with Crippen molar-refractivity contribution in [3.63, 3.8) is 0 Å². The summed E-state index contributed by atoms with van der Waals surface area (Å²) in [5.74, 6) is -3.56. The largest absolute Gasteiger partial charge is 0.395 e. The number of hydrogen-bond donors (Lipinski definition) is 2. The Morgan fingerprint density at radius 3 is 2.45 bits per heavy atom. The second-order valence-electron chi connectivity index (χ2n) is 10.7. The summed E-state index contributed by atoms with van der Waals surface area (Å²) < 4.78 is 71.4. The van der Waals surface area contributed by atoms with E-state index in [4.69, 9.17) is 5.11 Å². The SMILES string of the molecule is O=S(CCO)Nc1ccc(-c2cn(-c3ccc(F)c(S(=O)N4CC(F)(F)C4)c3)nn2)c(N2CCC3(CC2)CC3)c1. The van der Waals surface area contributed by atoms with Crippen LogP contribution in [0.2, 0.25) is 0 Å². The third-order valence-corrected chi connectivity index (χ3v) is 10.2. The van der Waals surface area contributed by atoms with E-state index in [2.05, 4.69) is 19.9 Å². The normalized spacial score (nSPS) is 21.1. The van der Waals surface area contributed by atoms with Crippen LogP contribution in [0.3, 0.4) is 0 Å². The number of halogens is 3. The van der Waals surface area contributed by atoms with Gasteiger partial charge >= 0.3 is 0 Å². The first-order valence-corrected chi connectivity index (χ1v) is 15.5. The molecule has 1 spiro atoms. The van der Waals surface area contributed by atoms with E-state index in [0.717, 1.165) is 47.6 Å². The van der Waals surface area contributed by atoms with Crippen molar-refractivity contribution in [3.8, 4) is 16.9 Å². The maximum absolute atomic E-state index is 14.5. The highest BCUT2D eigenvalue weighted by Crippen LogP contribution is 2.54. The average molecular weight is 595 g/mol. The van der Waals surface area contributed by atoms with Gasteiger partial charge in [0.1, 0.15) is 33.5 Å². The third kappa shape index (κ3) is 5.54. The maximum Gasteiger partial charge on any atom is 0.275 e. The Balaban J connectivity index is 1.29. The molecular weight excluding hydrogens is 565 g/mol. The van der Waals surface area contributed by atoms with E-state index in [1.165, 1.54) is 29.7 Å². The van der Waals surface area contributed by atoms with Crippen molar-refractivity contribution >= 4 is 33.3 Å². The molecule has 1 saturated carbocycles. The van der Waals surface area contributed by atoms with Crippen LogP contribution in [0.4, 0.5) is 24.5 Å². The summed E-state index contributed by atoms with van der Waals surface area (Å²) in [6.45, 7) is 0.205. The Labute approximate surface area is 234 Å². The van der Waals surface area contributed by atoms with Crippen molar-refractivity contribution < 1.29 is 26.7 Å². The van der Waals surface area contributed by atoms with E-state index in [1.807, 2.05) is 12.1 Å². The van der Waals surface area contributed by atoms with Crippen LogP contribution < -0.4 is 9.62 Å². The molecule has 1 aliphatic carbocycles. The van der Waals surface area contributed by atoms with Gasteiger partial charge in [-0.05, 0) is 67.5 Å². The molecule has 2 N–H and O–H groups in total. The second-order valence-corrected chi connectivity index (χ2v) is 13.4. The smallest absolute Gasteiger partial charge is 0.275 e. The van der Waals surface area contributed by atoms with Crippen LogP contribution >= 0.6 is 0 Å². The number of aliphatic hydroxyl groups excluding tert-OH is 1. The summed E-state index contributed by atoms with van der Waals surface area (Å²) in [6, 6.07) is 9.53. The summed E-state index contributed by atoms with van der Waals surface area (Å²) in [7, 11) is -3.49. The molecule has 2 unspecified atom stereocenters. The monoisotopic (exact) mass is 594 g/mol. The number of piperidine rings is 1. The van der Waals surface area contributed by atoms with Gasteiger partial charge in [0.15, 0.2) is 0 Å². The lowest BCUT2D eigenvalue weighted by molar-refractivity contribution is -0.0926. The topological polar surface area (TPSA) is 104 Å². The Morgan fingerprint density at radius 1 is 1.02 bits per heavy atom. The van der Waals surface area contributed by atoms with Crippen LogP contribution in [0.25, 0.3) is 16.9 Å². The van der Waals surface area contributed by atoms with Gasteiger partial charge in [0.2, 0.25) is 0 Å². The van der Waals surface area contributed by atoms with E-state index >= 15 is 0 Å². The van der Waals surface area contributed by atoms with Gasteiger partial charge in [0.05, 0.1) is 42.2 Å². The number of nitrogens with one attached hydrogen (secondary N) is 1. The van der Waals surface area contributed by atoms with Crippen LogP contribution in [0.1, 0.15) is 25.7 Å². The second kappa shape index (κ2) is 10.5. The van der Waals surface area contributed by atoms with Gasteiger partial charge in [-0.1, -0.05) is 5.21 Å². The molecule has 2 atom stereocenters. The van der Waals surface area contributed by atoms with Gasteiger partial charge in [-0.25, -0.2) is 30.6 Å². The Kier molecular flexibility index (Phi) is 7.21. The maximum atomic E-state index is 14.5. The zero-order valence-electron chi connectivity index (χ0n) is 21.6. The number of rotatable bonds is 9. The molecule has 0 bridgehead atoms. The summed E-state index contributed by atoms with van der Waals surface area (Å²) in [6.07, 6.45) is 6.43. The Bertz CT molecular complexity index is 1460. The molecule has 3 aliphatic rings. The predicted octanol–water partition coefficient (Wildman–Crippen LogP) is 3.50. The zero-order chi connectivity index (χ0) is 28.1.